The Kier molecular flexibility index (Phi) is 4.23. The molecule has 0 heterocycles. The van der Waals surface area contributed by atoms with Crippen molar-refractivity contribution in [1.82, 2.24) is 0 Å². The monoisotopic (exact) mass is 213 g/mol. The van der Waals surface area contributed by atoms with E-state index in [1.807, 2.05) is 25.1 Å². The number of ether oxygens (including phenoxy) is 1. The summed E-state index contributed by atoms with van der Waals surface area (Å²) in [6.07, 6.45) is 1.94. The van der Waals surface area contributed by atoms with E-state index in [1.54, 1.807) is 7.11 Å². The average molecular weight is 214 g/mol. The van der Waals surface area contributed by atoms with E-state index >= 15 is 0 Å². The number of methoxy groups -OCH3 is 1. The highest BCUT2D eigenvalue weighted by molar-refractivity contribution is 6.32. The van der Waals surface area contributed by atoms with Crippen LogP contribution in [-0.4, -0.2) is 13.2 Å². The normalized spacial score (nSPS) is 12.6. The van der Waals surface area contributed by atoms with Crippen molar-refractivity contribution in [1.29, 1.82) is 0 Å². The Morgan fingerprint density at radius 2 is 2.21 bits per heavy atom. The number of halogens is 1. The van der Waals surface area contributed by atoms with E-state index in [9.17, 15) is 0 Å². The number of hydrogen-bond donors (Lipinski definition) is 1. The van der Waals surface area contributed by atoms with Gasteiger partial charge in [-0.3, -0.25) is 0 Å². The zero-order valence-electron chi connectivity index (χ0n) is 8.59. The fraction of sp³-hybridized carbons (Fsp3) is 0.455. The van der Waals surface area contributed by atoms with Gasteiger partial charge in [-0.05, 0) is 37.5 Å². The van der Waals surface area contributed by atoms with Crippen LogP contribution in [0.2, 0.25) is 5.02 Å². The van der Waals surface area contributed by atoms with Crippen LogP contribution in [0, 0.1) is 0 Å². The molecule has 0 saturated carbocycles. The Labute approximate surface area is 90.0 Å². The van der Waals surface area contributed by atoms with Gasteiger partial charge in [-0.1, -0.05) is 17.7 Å². The topological polar surface area (TPSA) is 35.2 Å². The molecule has 0 bridgehead atoms. The van der Waals surface area contributed by atoms with Crippen LogP contribution in [-0.2, 0) is 6.42 Å². The highest BCUT2D eigenvalue weighted by Crippen LogP contribution is 2.25. The maximum absolute atomic E-state index is 5.91. The Bertz CT molecular complexity index is 299. The number of aryl methyl sites for hydroxylation is 1. The first kappa shape index (κ1) is 11.3. The summed E-state index contributed by atoms with van der Waals surface area (Å²) in [6, 6.07) is 6.06. The number of benzene rings is 1. The molecule has 1 aromatic carbocycles. The fourth-order valence-corrected chi connectivity index (χ4v) is 1.45. The molecular weight excluding hydrogens is 198 g/mol. The van der Waals surface area contributed by atoms with Crippen molar-refractivity contribution >= 4 is 11.6 Å². The summed E-state index contributed by atoms with van der Waals surface area (Å²) in [7, 11) is 1.62. The van der Waals surface area contributed by atoms with Gasteiger partial charge in [0.2, 0.25) is 0 Å². The first-order valence-corrected chi connectivity index (χ1v) is 5.09. The van der Waals surface area contributed by atoms with Gasteiger partial charge in [0.05, 0.1) is 12.1 Å². The summed E-state index contributed by atoms with van der Waals surface area (Å²) in [5.74, 6) is 0.730. The largest absolute Gasteiger partial charge is 0.495 e. The summed E-state index contributed by atoms with van der Waals surface area (Å²) in [5.41, 5.74) is 6.90. The van der Waals surface area contributed by atoms with Gasteiger partial charge in [0.1, 0.15) is 5.75 Å². The molecule has 0 aliphatic heterocycles. The Hall–Kier alpha value is -0.730. The van der Waals surface area contributed by atoms with E-state index in [4.69, 9.17) is 22.1 Å². The SMILES string of the molecule is COc1cc(CCC(C)N)ccc1Cl. The van der Waals surface area contributed by atoms with Crippen molar-refractivity contribution in [2.24, 2.45) is 5.73 Å². The molecule has 0 saturated heterocycles. The van der Waals surface area contributed by atoms with Crippen LogP contribution in [0.5, 0.6) is 5.75 Å². The quantitative estimate of drug-likeness (QED) is 0.835. The molecule has 3 heteroatoms. The van der Waals surface area contributed by atoms with Gasteiger partial charge in [-0.25, -0.2) is 0 Å². The molecule has 1 atom stereocenters. The predicted molar refractivity (Wildman–Crippen MR) is 60.0 cm³/mol. The van der Waals surface area contributed by atoms with Gasteiger partial charge in [0.15, 0.2) is 0 Å². The average Bonchev–Trinajstić information content (AvgIpc) is 2.16. The molecular formula is C11H16ClNO. The summed E-state index contributed by atoms with van der Waals surface area (Å²) in [5, 5.41) is 0.650. The highest BCUT2D eigenvalue weighted by Gasteiger charge is 2.02. The van der Waals surface area contributed by atoms with E-state index < -0.39 is 0 Å². The molecule has 78 valence electrons. The lowest BCUT2D eigenvalue weighted by molar-refractivity contribution is 0.414. The van der Waals surface area contributed by atoms with Crippen LogP contribution < -0.4 is 10.5 Å². The van der Waals surface area contributed by atoms with Gasteiger partial charge in [0.25, 0.3) is 0 Å². The molecule has 1 unspecified atom stereocenters. The molecule has 1 aromatic rings. The zero-order chi connectivity index (χ0) is 10.6. The van der Waals surface area contributed by atoms with Crippen molar-refractivity contribution in [3.05, 3.63) is 28.8 Å². The minimum Gasteiger partial charge on any atom is -0.495 e. The van der Waals surface area contributed by atoms with Crippen LogP contribution in [0.15, 0.2) is 18.2 Å². The third-order valence-corrected chi connectivity index (χ3v) is 2.42. The van der Waals surface area contributed by atoms with Crippen molar-refractivity contribution in [3.8, 4) is 5.75 Å². The molecule has 0 aromatic heterocycles. The Morgan fingerprint density at radius 3 is 2.79 bits per heavy atom. The van der Waals surface area contributed by atoms with Crippen LogP contribution >= 0.6 is 11.6 Å². The van der Waals surface area contributed by atoms with Gasteiger partial charge >= 0.3 is 0 Å². The van der Waals surface area contributed by atoms with E-state index in [2.05, 4.69) is 0 Å². The lowest BCUT2D eigenvalue weighted by atomic mass is 10.1. The Balaban J connectivity index is 2.69. The van der Waals surface area contributed by atoms with Crippen molar-refractivity contribution in [2.45, 2.75) is 25.8 Å². The van der Waals surface area contributed by atoms with Crippen LogP contribution in [0.25, 0.3) is 0 Å². The standard InChI is InChI=1S/C11H16ClNO/c1-8(13)3-4-9-5-6-10(12)11(7-9)14-2/h5-8H,3-4,13H2,1-2H3. The first-order chi connectivity index (χ1) is 6.63. The molecule has 0 aliphatic carbocycles. The lowest BCUT2D eigenvalue weighted by Crippen LogP contribution is -2.15. The molecule has 2 nitrogen and oxygen atoms in total. The maximum atomic E-state index is 5.91. The van der Waals surface area contributed by atoms with Gasteiger partial charge in [-0.15, -0.1) is 0 Å². The first-order valence-electron chi connectivity index (χ1n) is 4.71. The third kappa shape index (κ3) is 3.20. The minimum atomic E-state index is 0.233. The number of hydrogen-bond acceptors (Lipinski definition) is 2. The van der Waals surface area contributed by atoms with Crippen LogP contribution in [0.4, 0.5) is 0 Å². The van der Waals surface area contributed by atoms with Gasteiger partial charge in [0, 0.05) is 6.04 Å². The van der Waals surface area contributed by atoms with E-state index in [1.165, 1.54) is 5.56 Å². The maximum Gasteiger partial charge on any atom is 0.137 e. The van der Waals surface area contributed by atoms with E-state index in [0.29, 0.717) is 5.02 Å². The summed E-state index contributed by atoms with van der Waals surface area (Å²) in [4.78, 5) is 0. The molecule has 0 amide bonds. The highest BCUT2D eigenvalue weighted by atomic mass is 35.5. The Morgan fingerprint density at radius 1 is 1.50 bits per heavy atom. The molecule has 1 rings (SSSR count). The predicted octanol–water partition coefficient (Wildman–Crippen LogP) is 2.63. The fourth-order valence-electron chi connectivity index (χ4n) is 1.25. The second-order valence-electron chi connectivity index (χ2n) is 3.48. The molecule has 0 aliphatic rings. The van der Waals surface area contributed by atoms with E-state index in [0.717, 1.165) is 18.6 Å². The summed E-state index contributed by atoms with van der Waals surface area (Å²) in [6.45, 7) is 2.01. The lowest BCUT2D eigenvalue weighted by Gasteiger charge is -2.07. The number of nitrogens with two attached hydrogens (primary N) is 1. The van der Waals surface area contributed by atoms with E-state index in [-0.39, 0.29) is 6.04 Å². The third-order valence-electron chi connectivity index (χ3n) is 2.10. The zero-order valence-corrected chi connectivity index (χ0v) is 9.34. The van der Waals surface area contributed by atoms with Crippen LogP contribution in [0.3, 0.4) is 0 Å². The minimum absolute atomic E-state index is 0.233. The second-order valence-corrected chi connectivity index (χ2v) is 3.89. The van der Waals surface area contributed by atoms with Gasteiger partial charge in [-0.2, -0.15) is 0 Å². The number of rotatable bonds is 4. The molecule has 0 radical (unpaired) electrons. The summed E-state index contributed by atoms with van der Waals surface area (Å²) >= 11 is 5.91. The van der Waals surface area contributed by atoms with Crippen molar-refractivity contribution < 1.29 is 4.74 Å². The molecule has 0 fully saturated rings. The van der Waals surface area contributed by atoms with Crippen molar-refractivity contribution in [2.75, 3.05) is 7.11 Å². The molecule has 0 spiro atoms. The molecule has 14 heavy (non-hydrogen) atoms. The smallest absolute Gasteiger partial charge is 0.137 e. The van der Waals surface area contributed by atoms with Gasteiger partial charge < -0.3 is 10.5 Å². The second kappa shape index (κ2) is 5.23. The van der Waals surface area contributed by atoms with Crippen LogP contribution in [0.1, 0.15) is 18.9 Å². The van der Waals surface area contributed by atoms with Crippen molar-refractivity contribution in [3.63, 3.8) is 0 Å². The summed E-state index contributed by atoms with van der Waals surface area (Å²) < 4.78 is 5.13. The molecule has 2 N–H and O–H groups in total.